The highest BCUT2D eigenvalue weighted by Gasteiger charge is 2.34. The van der Waals surface area contributed by atoms with E-state index >= 15 is 0 Å². The third kappa shape index (κ3) is 2.43. The Morgan fingerprint density at radius 3 is 2.93 bits per heavy atom. The second-order valence-electron chi connectivity index (χ2n) is 7.21. The van der Waals surface area contributed by atoms with Gasteiger partial charge in [0, 0.05) is 37.3 Å². The first-order valence-electron chi connectivity index (χ1n) is 9.16. The van der Waals surface area contributed by atoms with Crippen LogP contribution in [0.3, 0.4) is 0 Å². The summed E-state index contributed by atoms with van der Waals surface area (Å²) in [4.78, 5) is 33.2. The first-order valence-corrected chi connectivity index (χ1v) is 9.16. The number of nitrogens with one attached hydrogen (secondary N) is 2. The van der Waals surface area contributed by atoms with Gasteiger partial charge in [0.25, 0.3) is 0 Å². The van der Waals surface area contributed by atoms with Crippen molar-refractivity contribution in [2.75, 3.05) is 19.6 Å². The molecule has 5 heterocycles. The van der Waals surface area contributed by atoms with Gasteiger partial charge in [0.2, 0.25) is 0 Å². The lowest BCUT2D eigenvalue weighted by molar-refractivity contribution is 0.115. The summed E-state index contributed by atoms with van der Waals surface area (Å²) in [5.74, 6) is 0.245. The van der Waals surface area contributed by atoms with Crippen LogP contribution in [0.4, 0.5) is 4.79 Å². The minimum Gasteiger partial charge on any atom is -0.345 e. The van der Waals surface area contributed by atoms with Gasteiger partial charge in [-0.1, -0.05) is 6.92 Å². The molecular formula is C17H20N8O2. The van der Waals surface area contributed by atoms with E-state index < -0.39 is 0 Å². The Balaban J connectivity index is 1.57. The van der Waals surface area contributed by atoms with Crippen molar-refractivity contribution >= 4 is 34.4 Å². The molecule has 0 unspecified atom stereocenters. The molecule has 27 heavy (non-hydrogen) atoms. The summed E-state index contributed by atoms with van der Waals surface area (Å²) in [5, 5.41) is 14.7. The van der Waals surface area contributed by atoms with E-state index in [1.54, 1.807) is 21.9 Å². The van der Waals surface area contributed by atoms with E-state index in [4.69, 9.17) is 0 Å². The van der Waals surface area contributed by atoms with Gasteiger partial charge in [0.05, 0.1) is 12.6 Å². The van der Waals surface area contributed by atoms with Gasteiger partial charge in [-0.25, -0.2) is 14.6 Å². The van der Waals surface area contributed by atoms with Gasteiger partial charge in [0.15, 0.2) is 11.3 Å². The zero-order chi connectivity index (χ0) is 18.5. The molecule has 2 amide bonds. The number of nitrogens with zero attached hydrogens (tertiary/aromatic N) is 6. The topological polar surface area (TPSA) is 115 Å². The Labute approximate surface area is 153 Å². The molecular weight excluding hydrogens is 348 g/mol. The molecule has 1 saturated heterocycles. The number of piperidine rings is 1. The van der Waals surface area contributed by atoms with E-state index in [9.17, 15) is 9.59 Å². The standard InChI is InChI=1S/C17H20N8O2/c1-10-4-8-23(17(27)24-7-2-5-19-24)9-12(10)25-13-11-3-6-18-14(11)21-22-15(13)20-16(25)26/h3,5-6,10,12H,2,4,7-9H2,1H3,(H,18,21)(H,20,22,26)/t10-,12+/m1/s1. The zero-order valence-electron chi connectivity index (χ0n) is 14.9. The van der Waals surface area contributed by atoms with Crippen molar-refractivity contribution in [3.05, 3.63) is 22.7 Å². The normalized spacial score (nSPS) is 23.0. The fourth-order valence-corrected chi connectivity index (χ4v) is 4.08. The number of imidazole rings is 1. The van der Waals surface area contributed by atoms with Gasteiger partial charge in [-0.05, 0) is 18.4 Å². The van der Waals surface area contributed by atoms with Crippen LogP contribution in [0.2, 0.25) is 0 Å². The number of carbonyl (C=O) groups is 1. The smallest absolute Gasteiger partial charge is 0.340 e. The third-order valence-electron chi connectivity index (χ3n) is 5.57. The van der Waals surface area contributed by atoms with E-state index in [2.05, 4.69) is 32.2 Å². The van der Waals surface area contributed by atoms with Crippen molar-refractivity contribution in [3.8, 4) is 0 Å². The minimum atomic E-state index is -0.224. The number of carbonyl (C=O) groups excluding carboxylic acids is 1. The van der Waals surface area contributed by atoms with Crippen molar-refractivity contribution in [1.29, 1.82) is 0 Å². The van der Waals surface area contributed by atoms with Crippen molar-refractivity contribution in [1.82, 2.24) is 34.6 Å². The summed E-state index contributed by atoms with van der Waals surface area (Å²) in [7, 11) is 0. The maximum Gasteiger partial charge on any atom is 0.340 e. The summed E-state index contributed by atoms with van der Waals surface area (Å²) >= 11 is 0. The SMILES string of the molecule is C[C@@H]1CCN(C(=O)N2CCC=N2)C[C@@H]1n1c(=O)[nH]c2nnc3[nH]ccc3c21. The Morgan fingerprint density at radius 2 is 2.11 bits per heavy atom. The first kappa shape index (κ1) is 16.0. The van der Waals surface area contributed by atoms with E-state index in [1.165, 1.54) is 5.01 Å². The molecule has 2 aliphatic rings. The van der Waals surface area contributed by atoms with Gasteiger partial charge in [-0.3, -0.25) is 9.55 Å². The molecule has 0 bridgehead atoms. The molecule has 2 N–H and O–H groups in total. The third-order valence-corrected chi connectivity index (χ3v) is 5.57. The Morgan fingerprint density at radius 1 is 1.26 bits per heavy atom. The monoisotopic (exact) mass is 368 g/mol. The van der Waals surface area contributed by atoms with Crippen molar-refractivity contribution in [2.24, 2.45) is 11.0 Å². The largest absolute Gasteiger partial charge is 0.345 e. The van der Waals surface area contributed by atoms with Crippen LogP contribution in [0.1, 0.15) is 25.8 Å². The molecule has 0 aliphatic carbocycles. The van der Waals surface area contributed by atoms with Gasteiger partial charge in [0.1, 0.15) is 5.52 Å². The number of fused-ring (bicyclic) bond motifs is 3. The van der Waals surface area contributed by atoms with Gasteiger partial charge < -0.3 is 9.88 Å². The average Bonchev–Trinajstić information content (AvgIpc) is 3.40. The van der Waals surface area contributed by atoms with Crippen LogP contribution in [0.5, 0.6) is 0 Å². The number of rotatable bonds is 1. The Hall–Kier alpha value is -3.17. The number of amides is 2. The number of hydrogen-bond donors (Lipinski definition) is 2. The summed E-state index contributed by atoms with van der Waals surface area (Å²) in [6, 6.07) is 1.66. The Kier molecular flexibility index (Phi) is 3.52. The quantitative estimate of drug-likeness (QED) is 0.673. The zero-order valence-corrected chi connectivity index (χ0v) is 14.9. The molecule has 2 atom stereocenters. The second kappa shape index (κ2) is 5.93. The molecule has 0 saturated carbocycles. The molecule has 1 fully saturated rings. The summed E-state index contributed by atoms with van der Waals surface area (Å²) in [5.41, 5.74) is 1.61. The molecule has 140 valence electrons. The molecule has 3 aromatic heterocycles. The molecule has 0 spiro atoms. The Bertz CT molecular complexity index is 1110. The van der Waals surface area contributed by atoms with Crippen LogP contribution < -0.4 is 5.69 Å². The van der Waals surface area contributed by atoms with Gasteiger partial charge >= 0.3 is 11.7 Å². The predicted molar refractivity (Wildman–Crippen MR) is 99.6 cm³/mol. The van der Waals surface area contributed by atoms with E-state index in [0.717, 1.165) is 23.7 Å². The number of hydrazone groups is 1. The van der Waals surface area contributed by atoms with E-state index in [1.807, 2.05) is 6.07 Å². The van der Waals surface area contributed by atoms with Crippen LogP contribution in [0, 0.1) is 5.92 Å². The first-order chi connectivity index (χ1) is 13.1. The summed E-state index contributed by atoms with van der Waals surface area (Å²) in [6.07, 6.45) is 5.15. The number of likely N-dealkylation sites (tertiary alicyclic amines) is 1. The maximum atomic E-state index is 12.8. The second-order valence-corrected chi connectivity index (χ2v) is 7.21. The fraction of sp³-hybridized carbons (Fsp3) is 0.471. The minimum absolute atomic E-state index is 0.0971. The lowest BCUT2D eigenvalue weighted by Crippen LogP contribution is -2.49. The summed E-state index contributed by atoms with van der Waals surface area (Å²) in [6.45, 7) is 3.86. The molecule has 10 heteroatoms. The van der Waals surface area contributed by atoms with Gasteiger partial charge in [-0.2, -0.15) is 5.10 Å². The van der Waals surface area contributed by atoms with Crippen LogP contribution in [0.25, 0.3) is 22.2 Å². The highest BCUT2D eigenvalue weighted by Crippen LogP contribution is 2.31. The molecule has 0 radical (unpaired) electrons. The number of urea groups is 1. The highest BCUT2D eigenvalue weighted by molar-refractivity contribution is 5.99. The molecule has 10 nitrogen and oxygen atoms in total. The molecule has 0 aromatic carbocycles. The van der Waals surface area contributed by atoms with Gasteiger partial charge in [-0.15, -0.1) is 10.2 Å². The predicted octanol–water partition coefficient (Wildman–Crippen LogP) is 1.30. The summed E-state index contributed by atoms with van der Waals surface area (Å²) < 4.78 is 1.75. The number of aromatic nitrogens is 5. The average molecular weight is 368 g/mol. The number of hydrogen-bond acceptors (Lipinski definition) is 5. The van der Waals surface area contributed by atoms with Crippen LogP contribution >= 0.6 is 0 Å². The molecule has 2 aliphatic heterocycles. The van der Waals surface area contributed by atoms with Crippen molar-refractivity contribution < 1.29 is 4.79 Å². The molecule has 3 aromatic rings. The molecule has 5 rings (SSSR count). The lowest BCUT2D eigenvalue weighted by Gasteiger charge is -2.38. The van der Waals surface area contributed by atoms with Crippen molar-refractivity contribution in [2.45, 2.75) is 25.8 Å². The lowest BCUT2D eigenvalue weighted by atomic mass is 9.93. The van der Waals surface area contributed by atoms with Crippen LogP contribution in [-0.4, -0.2) is 66.5 Å². The number of H-pyrrole nitrogens is 2. The van der Waals surface area contributed by atoms with E-state index in [0.29, 0.717) is 30.9 Å². The van der Waals surface area contributed by atoms with Crippen LogP contribution in [-0.2, 0) is 0 Å². The fourth-order valence-electron chi connectivity index (χ4n) is 4.08. The number of aromatic amines is 2. The highest BCUT2D eigenvalue weighted by atomic mass is 16.2. The van der Waals surface area contributed by atoms with Crippen molar-refractivity contribution in [3.63, 3.8) is 0 Å². The maximum absolute atomic E-state index is 12.8. The van der Waals surface area contributed by atoms with Crippen LogP contribution in [0.15, 0.2) is 22.2 Å². The van der Waals surface area contributed by atoms with E-state index in [-0.39, 0.29) is 23.7 Å².